The van der Waals surface area contributed by atoms with Gasteiger partial charge in [0.05, 0.1) is 13.2 Å². The van der Waals surface area contributed by atoms with Crippen LogP contribution in [0, 0.1) is 6.92 Å². The molecule has 98 valence electrons. The Bertz CT molecular complexity index is 107. The van der Waals surface area contributed by atoms with Crippen LogP contribution in [0.15, 0.2) is 0 Å². The van der Waals surface area contributed by atoms with Gasteiger partial charge in [-0.1, -0.05) is 58.5 Å². The van der Waals surface area contributed by atoms with E-state index in [0.29, 0.717) is 19.8 Å². The molecule has 3 heteroatoms. The van der Waals surface area contributed by atoms with Gasteiger partial charge in [0, 0.05) is 6.61 Å². The second kappa shape index (κ2) is 19.3. The molecule has 0 rings (SSSR count). The quantitative estimate of drug-likeness (QED) is 0.277. The van der Waals surface area contributed by atoms with Crippen LogP contribution >= 0.6 is 0 Å². The Hall–Kier alpha value is 0.920. The number of hydrogen-bond acceptors (Lipinski definition) is 2. The number of unbranched alkanes of at least 4 members (excludes halogenated alkanes) is 7. The van der Waals surface area contributed by atoms with E-state index in [2.05, 4.69) is 13.8 Å². The Labute approximate surface area is 130 Å². The summed E-state index contributed by atoms with van der Waals surface area (Å²) in [6, 6.07) is 0. The summed E-state index contributed by atoms with van der Waals surface area (Å²) in [4.78, 5) is 0. The van der Waals surface area contributed by atoms with Crippen LogP contribution in [0.25, 0.3) is 0 Å². The normalized spacial score (nSPS) is 10.2. The maximum absolute atomic E-state index is 5.43. The monoisotopic (exact) mass is 252 g/mol. The van der Waals surface area contributed by atoms with E-state index in [9.17, 15) is 0 Å². The molecule has 0 unspecified atom stereocenters. The van der Waals surface area contributed by atoms with E-state index in [1.54, 1.807) is 0 Å². The summed E-state index contributed by atoms with van der Waals surface area (Å²) in [6.07, 6.45) is 10.8. The predicted octanol–water partition coefficient (Wildman–Crippen LogP) is 0.998. The van der Waals surface area contributed by atoms with Crippen LogP contribution in [0.2, 0.25) is 0 Å². The third-order valence-corrected chi connectivity index (χ3v) is 2.66. The molecule has 17 heavy (non-hydrogen) atoms. The summed E-state index contributed by atoms with van der Waals surface area (Å²) >= 11 is 0. The number of ether oxygens (including phenoxy) is 2. The SMILES string of the molecule is [CH2-]COCCOCCCCCCCCCC.[Na+]. The van der Waals surface area contributed by atoms with E-state index >= 15 is 0 Å². The molecular weight excluding hydrogens is 223 g/mol. The Kier molecular flexibility index (Phi) is 22.9. The van der Waals surface area contributed by atoms with Crippen LogP contribution in [0.3, 0.4) is 0 Å². The first-order chi connectivity index (χ1) is 7.91. The zero-order valence-electron chi connectivity index (χ0n) is 12.0. The topological polar surface area (TPSA) is 18.5 Å². The average Bonchev–Trinajstić information content (AvgIpc) is 2.31. The van der Waals surface area contributed by atoms with Crippen LogP contribution < -0.4 is 29.6 Å². The molecule has 0 aromatic heterocycles. The van der Waals surface area contributed by atoms with Gasteiger partial charge in [-0.15, -0.1) is 0 Å². The van der Waals surface area contributed by atoms with Crippen LogP contribution in [0.4, 0.5) is 0 Å². The van der Waals surface area contributed by atoms with Gasteiger partial charge in [-0.25, -0.2) is 0 Å². The first kappa shape index (κ1) is 20.2. The van der Waals surface area contributed by atoms with Crippen LogP contribution in [-0.2, 0) is 9.47 Å². The van der Waals surface area contributed by atoms with E-state index in [4.69, 9.17) is 9.47 Å². The van der Waals surface area contributed by atoms with E-state index < -0.39 is 0 Å². The molecular formula is C14H29NaO2. The zero-order chi connectivity index (χ0) is 11.9. The van der Waals surface area contributed by atoms with Crippen molar-refractivity contribution in [2.24, 2.45) is 0 Å². The van der Waals surface area contributed by atoms with Gasteiger partial charge in [-0.3, -0.25) is 0 Å². The maximum Gasteiger partial charge on any atom is 1.00 e. The van der Waals surface area contributed by atoms with Crippen LogP contribution in [0.5, 0.6) is 0 Å². The predicted molar refractivity (Wildman–Crippen MR) is 69.6 cm³/mol. The average molecular weight is 252 g/mol. The molecule has 0 fully saturated rings. The van der Waals surface area contributed by atoms with E-state index in [0.717, 1.165) is 6.61 Å². The zero-order valence-corrected chi connectivity index (χ0v) is 14.0. The number of rotatable bonds is 13. The molecule has 0 aliphatic heterocycles. The van der Waals surface area contributed by atoms with Gasteiger partial charge in [0.2, 0.25) is 0 Å². The molecule has 0 aliphatic carbocycles. The summed E-state index contributed by atoms with van der Waals surface area (Å²) in [7, 11) is 0. The van der Waals surface area contributed by atoms with Gasteiger partial charge in [0.25, 0.3) is 0 Å². The van der Waals surface area contributed by atoms with Crippen LogP contribution in [-0.4, -0.2) is 26.4 Å². The smallest absolute Gasteiger partial charge is 0.411 e. The summed E-state index contributed by atoms with van der Waals surface area (Å²) in [6.45, 7) is 8.68. The Balaban J connectivity index is 0. The second-order valence-electron chi connectivity index (χ2n) is 4.20. The Morgan fingerprint density at radius 3 is 1.82 bits per heavy atom. The minimum atomic E-state index is 0. The van der Waals surface area contributed by atoms with Gasteiger partial charge >= 0.3 is 29.6 Å². The molecule has 0 atom stereocenters. The third kappa shape index (κ3) is 19.4. The van der Waals surface area contributed by atoms with E-state index in [-0.39, 0.29) is 29.6 Å². The minimum Gasteiger partial charge on any atom is -0.411 e. The van der Waals surface area contributed by atoms with Crippen molar-refractivity contribution in [1.82, 2.24) is 0 Å². The van der Waals surface area contributed by atoms with Crippen molar-refractivity contribution in [3.63, 3.8) is 0 Å². The van der Waals surface area contributed by atoms with Crippen molar-refractivity contribution < 1.29 is 39.0 Å². The van der Waals surface area contributed by atoms with Gasteiger partial charge in [0.1, 0.15) is 0 Å². The number of hydrogen-bond donors (Lipinski definition) is 0. The Morgan fingerprint density at radius 1 is 0.706 bits per heavy atom. The van der Waals surface area contributed by atoms with E-state index in [1.807, 2.05) is 0 Å². The minimum absolute atomic E-state index is 0. The molecule has 0 aromatic rings. The van der Waals surface area contributed by atoms with Crippen molar-refractivity contribution >= 4 is 0 Å². The fourth-order valence-corrected chi connectivity index (χ4v) is 1.66. The molecule has 0 amide bonds. The molecule has 0 saturated carbocycles. The molecule has 0 aromatic carbocycles. The fraction of sp³-hybridized carbons (Fsp3) is 0.929. The molecule has 0 N–H and O–H groups in total. The molecule has 0 bridgehead atoms. The third-order valence-electron chi connectivity index (χ3n) is 2.66. The molecule has 0 spiro atoms. The standard InChI is InChI=1S/C14H29O2.Na/c1-3-5-6-7-8-9-10-11-12-16-14-13-15-4-2;/h2-14H2,1H3;/q-1;+1. The van der Waals surface area contributed by atoms with Crippen molar-refractivity contribution in [3.8, 4) is 0 Å². The first-order valence-electron chi connectivity index (χ1n) is 6.86. The van der Waals surface area contributed by atoms with Crippen LogP contribution in [0.1, 0.15) is 58.3 Å². The fourth-order valence-electron chi connectivity index (χ4n) is 1.66. The van der Waals surface area contributed by atoms with Crippen molar-refractivity contribution in [3.05, 3.63) is 6.92 Å². The summed E-state index contributed by atoms with van der Waals surface area (Å²) < 4.78 is 10.5. The van der Waals surface area contributed by atoms with Crippen molar-refractivity contribution in [2.75, 3.05) is 26.4 Å². The summed E-state index contributed by atoms with van der Waals surface area (Å²) in [5.74, 6) is 0. The second-order valence-corrected chi connectivity index (χ2v) is 4.20. The van der Waals surface area contributed by atoms with Crippen molar-refractivity contribution in [2.45, 2.75) is 58.3 Å². The maximum atomic E-state index is 5.43. The van der Waals surface area contributed by atoms with Gasteiger partial charge in [-0.2, -0.15) is 0 Å². The first-order valence-corrected chi connectivity index (χ1v) is 6.86. The summed E-state index contributed by atoms with van der Waals surface area (Å²) in [5, 5.41) is 0. The Morgan fingerprint density at radius 2 is 1.24 bits per heavy atom. The molecule has 0 saturated heterocycles. The largest absolute Gasteiger partial charge is 1.00 e. The van der Waals surface area contributed by atoms with E-state index in [1.165, 1.54) is 51.4 Å². The van der Waals surface area contributed by atoms with Crippen molar-refractivity contribution in [1.29, 1.82) is 0 Å². The van der Waals surface area contributed by atoms with Gasteiger partial charge < -0.3 is 16.4 Å². The van der Waals surface area contributed by atoms with Gasteiger partial charge in [-0.05, 0) is 6.42 Å². The molecule has 2 nitrogen and oxygen atoms in total. The van der Waals surface area contributed by atoms with Gasteiger partial charge in [0.15, 0.2) is 0 Å². The summed E-state index contributed by atoms with van der Waals surface area (Å²) in [5.41, 5.74) is 0. The molecule has 0 radical (unpaired) electrons. The molecule has 0 aliphatic rings. The molecule has 0 heterocycles.